The molecule has 3 rings (SSSR count). The number of hydrogen-bond acceptors (Lipinski definition) is 7. The molecule has 0 saturated carbocycles. The zero-order valence-electron chi connectivity index (χ0n) is 15.7. The third kappa shape index (κ3) is 3.06. The number of aliphatic hydroxyl groups is 2. The van der Waals surface area contributed by atoms with E-state index in [1.165, 1.54) is 0 Å². The summed E-state index contributed by atoms with van der Waals surface area (Å²) in [5.41, 5.74) is -0.849. The Balaban J connectivity index is 2.01. The van der Waals surface area contributed by atoms with Crippen molar-refractivity contribution in [1.29, 1.82) is 0 Å². The van der Waals surface area contributed by atoms with Crippen molar-refractivity contribution in [1.82, 2.24) is 0 Å². The highest BCUT2D eigenvalue weighted by molar-refractivity contribution is 5.91. The molecular formula is C19H28O7. The number of hydrogen-bond donors (Lipinski definition) is 2. The lowest BCUT2D eigenvalue weighted by atomic mass is 9.78. The average Bonchev–Trinajstić information content (AvgIpc) is 2.93. The van der Waals surface area contributed by atoms with Crippen molar-refractivity contribution >= 4 is 11.9 Å². The summed E-state index contributed by atoms with van der Waals surface area (Å²) >= 11 is 0. The second-order valence-corrected chi connectivity index (χ2v) is 8.45. The fraction of sp³-hybridized carbons (Fsp3) is 0.789. The third-order valence-electron chi connectivity index (χ3n) is 6.03. The van der Waals surface area contributed by atoms with Crippen LogP contribution in [0.5, 0.6) is 0 Å². The number of esters is 2. The van der Waals surface area contributed by atoms with Gasteiger partial charge in [0, 0.05) is 24.3 Å². The van der Waals surface area contributed by atoms with Crippen molar-refractivity contribution in [3.63, 3.8) is 0 Å². The highest BCUT2D eigenvalue weighted by atomic mass is 16.7. The molecule has 7 nitrogen and oxygen atoms in total. The lowest BCUT2D eigenvalue weighted by Crippen LogP contribution is -2.44. The van der Waals surface area contributed by atoms with Gasteiger partial charge in [-0.15, -0.1) is 0 Å². The predicted octanol–water partition coefficient (Wildman–Crippen LogP) is 1.31. The molecule has 2 bridgehead atoms. The molecule has 0 aromatic heterocycles. The van der Waals surface area contributed by atoms with Crippen LogP contribution in [-0.4, -0.2) is 51.9 Å². The number of ether oxygens (including phenoxy) is 3. The fourth-order valence-electron chi connectivity index (χ4n) is 4.25. The van der Waals surface area contributed by atoms with Crippen molar-refractivity contribution in [3.05, 3.63) is 12.2 Å². The number of carbonyl (C=O) groups is 2. The van der Waals surface area contributed by atoms with Crippen molar-refractivity contribution in [2.45, 2.75) is 76.7 Å². The van der Waals surface area contributed by atoms with E-state index in [4.69, 9.17) is 14.2 Å². The highest BCUT2D eigenvalue weighted by Crippen LogP contribution is 2.49. The molecule has 2 N–H and O–H groups in total. The first-order valence-corrected chi connectivity index (χ1v) is 9.18. The molecule has 3 saturated heterocycles. The Hall–Kier alpha value is -1.44. The Kier molecular flexibility index (Phi) is 4.70. The van der Waals surface area contributed by atoms with Gasteiger partial charge in [0.25, 0.3) is 0 Å². The van der Waals surface area contributed by atoms with Crippen LogP contribution in [0.4, 0.5) is 0 Å². The maximum Gasteiger partial charge on any atom is 0.334 e. The Labute approximate surface area is 153 Å². The van der Waals surface area contributed by atoms with Crippen LogP contribution in [0.2, 0.25) is 0 Å². The molecule has 0 spiro atoms. The van der Waals surface area contributed by atoms with Gasteiger partial charge in [-0.25, -0.2) is 4.79 Å². The van der Waals surface area contributed by atoms with Crippen LogP contribution < -0.4 is 0 Å². The van der Waals surface area contributed by atoms with E-state index in [0.717, 1.165) is 0 Å². The number of aliphatic hydroxyl groups excluding tert-OH is 1. The molecular weight excluding hydrogens is 340 g/mol. The molecule has 3 aliphatic heterocycles. The molecule has 7 heteroatoms. The van der Waals surface area contributed by atoms with Gasteiger partial charge in [-0.1, -0.05) is 27.4 Å². The summed E-state index contributed by atoms with van der Waals surface area (Å²) in [5, 5.41) is 21.5. The van der Waals surface area contributed by atoms with Crippen molar-refractivity contribution in [3.8, 4) is 0 Å². The lowest BCUT2D eigenvalue weighted by Gasteiger charge is -2.34. The quantitative estimate of drug-likeness (QED) is 0.560. The summed E-state index contributed by atoms with van der Waals surface area (Å²) in [6, 6.07) is 0. The van der Waals surface area contributed by atoms with Crippen molar-refractivity contribution in [2.24, 2.45) is 17.8 Å². The normalized spacial score (nSPS) is 45.6. The molecule has 3 heterocycles. The third-order valence-corrected chi connectivity index (χ3v) is 6.03. The highest BCUT2D eigenvalue weighted by Gasteiger charge is 2.60. The topological polar surface area (TPSA) is 102 Å². The van der Waals surface area contributed by atoms with Gasteiger partial charge in [-0.05, 0) is 13.3 Å². The molecule has 0 amide bonds. The second kappa shape index (κ2) is 6.32. The zero-order valence-corrected chi connectivity index (χ0v) is 15.7. The summed E-state index contributed by atoms with van der Waals surface area (Å²) in [7, 11) is 0. The Morgan fingerprint density at radius 3 is 2.65 bits per heavy atom. The van der Waals surface area contributed by atoms with Gasteiger partial charge in [-0.3, -0.25) is 4.79 Å². The molecule has 0 aliphatic carbocycles. The van der Waals surface area contributed by atoms with Gasteiger partial charge in [0.05, 0.1) is 23.5 Å². The molecule has 0 aromatic carbocycles. The Morgan fingerprint density at radius 1 is 1.38 bits per heavy atom. The maximum atomic E-state index is 12.3. The molecule has 0 radical (unpaired) electrons. The van der Waals surface area contributed by atoms with E-state index in [0.29, 0.717) is 6.42 Å². The Morgan fingerprint density at radius 2 is 2.04 bits per heavy atom. The first-order valence-electron chi connectivity index (χ1n) is 9.18. The summed E-state index contributed by atoms with van der Waals surface area (Å²) in [6.07, 6.45) is -1.69. The number of fused-ring (bicyclic) bond motifs is 3. The van der Waals surface area contributed by atoms with Crippen molar-refractivity contribution < 1.29 is 34.0 Å². The number of rotatable bonds is 2. The van der Waals surface area contributed by atoms with Gasteiger partial charge < -0.3 is 24.4 Å². The van der Waals surface area contributed by atoms with Gasteiger partial charge in [-0.2, -0.15) is 0 Å². The average molecular weight is 368 g/mol. The molecule has 26 heavy (non-hydrogen) atoms. The van der Waals surface area contributed by atoms with Crippen LogP contribution >= 0.6 is 0 Å². The van der Waals surface area contributed by atoms with Gasteiger partial charge in [0.15, 0.2) is 5.79 Å². The fourth-order valence-corrected chi connectivity index (χ4v) is 4.25. The SMILES string of the molecule is C=C1C(=O)O[C@@H]2C[C@H](C)[C@@]3(O)C[C@@H](O)[C@@](C)(C[C@@H](OC(=O)C(C)C)[C@@H]12)O3. The molecule has 146 valence electrons. The van der Waals surface area contributed by atoms with Crippen LogP contribution in [0.15, 0.2) is 12.2 Å². The minimum absolute atomic E-state index is 0.0573. The number of carbonyl (C=O) groups excluding carboxylic acids is 2. The predicted molar refractivity (Wildman–Crippen MR) is 90.7 cm³/mol. The molecule has 0 unspecified atom stereocenters. The molecule has 0 aromatic rings. The van der Waals surface area contributed by atoms with E-state index in [1.54, 1.807) is 27.7 Å². The van der Waals surface area contributed by atoms with E-state index >= 15 is 0 Å². The van der Waals surface area contributed by atoms with E-state index < -0.39 is 47.6 Å². The van der Waals surface area contributed by atoms with Crippen LogP contribution in [0.25, 0.3) is 0 Å². The largest absolute Gasteiger partial charge is 0.461 e. The monoisotopic (exact) mass is 368 g/mol. The van der Waals surface area contributed by atoms with Crippen LogP contribution in [-0.2, 0) is 23.8 Å². The van der Waals surface area contributed by atoms with E-state index in [1.807, 2.05) is 0 Å². The summed E-state index contributed by atoms with van der Waals surface area (Å²) in [4.78, 5) is 24.4. The Bertz CT molecular complexity index is 629. The first kappa shape index (κ1) is 19.3. The van der Waals surface area contributed by atoms with E-state index in [-0.39, 0.29) is 30.3 Å². The van der Waals surface area contributed by atoms with Gasteiger partial charge >= 0.3 is 11.9 Å². The van der Waals surface area contributed by atoms with E-state index in [9.17, 15) is 19.8 Å². The standard InChI is InChI=1S/C19H28O7/c1-9(2)16(21)25-13-7-18(5)14(20)8-19(23,26-18)10(3)6-12-15(13)11(4)17(22)24-12/h9-10,12-15,20,23H,4,6-8H2,1-3,5H3/t10-,12+,13+,14+,15-,18+,19+/m0/s1. The van der Waals surface area contributed by atoms with E-state index in [2.05, 4.69) is 6.58 Å². The van der Waals surface area contributed by atoms with Crippen LogP contribution in [0.3, 0.4) is 0 Å². The lowest BCUT2D eigenvalue weighted by molar-refractivity contribution is -0.253. The minimum atomic E-state index is -1.52. The maximum absolute atomic E-state index is 12.3. The van der Waals surface area contributed by atoms with Gasteiger partial charge in [0.1, 0.15) is 12.2 Å². The van der Waals surface area contributed by atoms with Crippen molar-refractivity contribution in [2.75, 3.05) is 0 Å². The summed E-state index contributed by atoms with van der Waals surface area (Å²) in [6.45, 7) is 10.8. The summed E-state index contributed by atoms with van der Waals surface area (Å²) in [5.74, 6) is -3.69. The zero-order chi connectivity index (χ0) is 19.4. The molecule has 7 atom stereocenters. The van der Waals surface area contributed by atoms with Crippen LogP contribution in [0.1, 0.15) is 47.0 Å². The first-order chi connectivity index (χ1) is 12.0. The second-order valence-electron chi connectivity index (χ2n) is 8.45. The summed E-state index contributed by atoms with van der Waals surface area (Å²) < 4.78 is 17.1. The smallest absolute Gasteiger partial charge is 0.334 e. The minimum Gasteiger partial charge on any atom is -0.461 e. The van der Waals surface area contributed by atoms with Gasteiger partial charge in [0.2, 0.25) is 0 Å². The molecule has 3 fully saturated rings. The van der Waals surface area contributed by atoms with Crippen LogP contribution in [0, 0.1) is 17.8 Å². The molecule has 3 aliphatic rings.